The number of anilines is 2. The van der Waals surface area contributed by atoms with Crippen molar-refractivity contribution in [3.63, 3.8) is 0 Å². The number of hydrogen-bond acceptors (Lipinski definition) is 8. The number of rotatable bonds is 13. The maximum absolute atomic E-state index is 12.0. The van der Waals surface area contributed by atoms with Crippen LogP contribution in [0.2, 0.25) is 0 Å². The Hall–Kier alpha value is -2.14. The summed E-state index contributed by atoms with van der Waals surface area (Å²) in [7, 11) is -4.09. The molecule has 2 aromatic carbocycles. The average molecular weight is 511 g/mol. The molecule has 0 spiro atoms. The van der Waals surface area contributed by atoms with Crippen LogP contribution in [-0.4, -0.2) is 66.0 Å². The van der Waals surface area contributed by atoms with E-state index in [0.29, 0.717) is 18.9 Å². The maximum Gasteiger partial charge on any atom is 0.430 e. The second kappa shape index (κ2) is 13.1. The number of ether oxygens (including phenoxy) is 1. The lowest BCUT2D eigenvalue weighted by molar-refractivity contribution is -0.383. The monoisotopic (exact) mass is 510 g/mol. The summed E-state index contributed by atoms with van der Waals surface area (Å²) in [6, 6.07) is 14.3. The van der Waals surface area contributed by atoms with Crippen LogP contribution in [0.3, 0.4) is 0 Å². The molecule has 0 bridgehead atoms. The summed E-state index contributed by atoms with van der Waals surface area (Å²) in [4.78, 5) is 24.5. The predicted octanol–water partition coefficient (Wildman–Crippen LogP) is 4.44. The highest BCUT2D eigenvalue weighted by Gasteiger charge is 2.23. The number of nitro benzene ring substituents is 1. The maximum atomic E-state index is 12.0. The van der Waals surface area contributed by atoms with Crippen LogP contribution < -0.4 is 10.4 Å². The Bertz CT molecular complexity index is 977. The summed E-state index contributed by atoms with van der Waals surface area (Å²) in [5, 5.41) is 17.5. The van der Waals surface area contributed by atoms with Crippen LogP contribution >= 0.6 is 19.5 Å². The molecule has 1 unspecified atom stereocenters. The predicted molar refractivity (Wildman–Crippen MR) is 135 cm³/mol. The fourth-order valence-electron chi connectivity index (χ4n) is 3.54. The van der Waals surface area contributed by atoms with Crippen LogP contribution in [0.1, 0.15) is 13.3 Å². The summed E-state index contributed by atoms with van der Waals surface area (Å²) < 4.78 is 22.2. The minimum atomic E-state index is -4.09. The highest BCUT2D eigenvalue weighted by molar-refractivity contribution is 7.99. The molecule has 34 heavy (non-hydrogen) atoms. The van der Waals surface area contributed by atoms with E-state index in [0.717, 1.165) is 36.7 Å². The fourth-order valence-corrected chi connectivity index (χ4v) is 5.41. The van der Waals surface area contributed by atoms with Crippen molar-refractivity contribution < 1.29 is 23.6 Å². The van der Waals surface area contributed by atoms with Gasteiger partial charge in [-0.15, -0.1) is 11.8 Å². The number of thioether (sulfide) groups is 1. The van der Waals surface area contributed by atoms with Gasteiger partial charge in [-0.25, -0.2) is 4.57 Å². The van der Waals surface area contributed by atoms with Crippen LogP contribution in [0.25, 0.3) is 0 Å². The molecular formula is C22H31N4O6PS. The molecule has 1 saturated heterocycles. The van der Waals surface area contributed by atoms with Crippen LogP contribution in [0, 0.1) is 10.1 Å². The van der Waals surface area contributed by atoms with E-state index in [4.69, 9.17) is 9.26 Å². The lowest BCUT2D eigenvalue weighted by atomic mass is 10.1. The summed E-state index contributed by atoms with van der Waals surface area (Å²) in [6.07, 6.45) is 0.799. The van der Waals surface area contributed by atoms with Gasteiger partial charge in [0, 0.05) is 42.4 Å². The van der Waals surface area contributed by atoms with E-state index in [9.17, 15) is 19.6 Å². The van der Waals surface area contributed by atoms with Crippen molar-refractivity contribution >= 4 is 36.6 Å². The molecule has 186 valence electrons. The topological polar surface area (TPSA) is 126 Å². The third-order valence-corrected chi connectivity index (χ3v) is 7.54. The molecule has 0 radical (unpaired) electrons. The van der Waals surface area contributed by atoms with E-state index in [1.807, 2.05) is 30.3 Å². The van der Waals surface area contributed by atoms with Crippen LogP contribution in [0.5, 0.6) is 0 Å². The molecule has 1 aliphatic heterocycles. The molecule has 0 aliphatic carbocycles. The number of morpholine rings is 1. The molecule has 3 N–H and O–H groups in total. The molecule has 2 atom stereocenters. The van der Waals surface area contributed by atoms with Gasteiger partial charge in [0.1, 0.15) is 5.69 Å². The van der Waals surface area contributed by atoms with Crippen molar-refractivity contribution in [1.29, 1.82) is 0 Å². The van der Waals surface area contributed by atoms with Crippen molar-refractivity contribution in [2.75, 3.05) is 55.6 Å². The van der Waals surface area contributed by atoms with E-state index >= 15 is 0 Å². The molecular weight excluding hydrogens is 479 g/mol. The SMILES string of the molecule is CCOP(=O)(O)Nc1ccc(N[C@H](CCN2CCOCC2)CSc2ccccc2)c([N+](=O)[O-])c1. The molecule has 10 nitrogen and oxygen atoms in total. The number of nitrogens with one attached hydrogen (secondary N) is 2. The summed E-state index contributed by atoms with van der Waals surface area (Å²) >= 11 is 1.69. The molecule has 3 rings (SSSR count). The largest absolute Gasteiger partial charge is 0.430 e. The normalized spacial score (nSPS) is 17.0. The van der Waals surface area contributed by atoms with Crippen LogP contribution in [0.15, 0.2) is 53.4 Å². The van der Waals surface area contributed by atoms with Crippen molar-refractivity contribution in [1.82, 2.24) is 4.90 Å². The zero-order valence-corrected chi connectivity index (χ0v) is 20.8. The third-order valence-electron chi connectivity index (χ3n) is 5.22. The molecule has 2 aromatic rings. The summed E-state index contributed by atoms with van der Waals surface area (Å²) in [6.45, 7) is 5.66. The Labute approximate surface area is 203 Å². The van der Waals surface area contributed by atoms with Crippen LogP contribution in [-0.2, 0) is 13.8 Å². The van der Waals surface area contributed by atoms with Gasteiger partial charge in [0.25, 0.3) is 5.69 Å². The first-order valence-corrected chi connectivity index (χ1v) is 13.7. The van der Waals surface area contributed by atoms with Gasteiger partial charge in [0.2, 0.25) is 0 Å². The van der Waals surface area contributed by atoms with E-state index in [2.05, 4.69) is 15.3 Å². The molecule has 1 fully saturated rings. The highest BCUT2D eigenvalue weighted by atomic mass is 32.2. The number of benzene rings is 2. The minimum absolute atomic E-state index is 0.0297. The third kappa shape index (κ3) is 8.57. The molecule has 1 aliphatic rings. The Balaban J connectivity index is 1.74. The number of nitrogens with zero attached hydrogens (tertiary/aromatic N) is 2. The van der Waals surface area contributed by atoms with E-state index in [-0.39, 0.29) is 24.0 Å². The van der Waals surface area contributed by atoms with Crippen LogP contribution in [0.4, 0.5) is 17.1 Å². The van der Waals surface area contributed by atoms with E-state index in [1.54, 1.807) is 24.8 Å². The fraction of sp³-hybridized carbons (Fsp3) is 0.455. The van der Waals surface area contributed by atoms with Crippen molar-refractivity contribution in [3.05, 3.63) is 58.6 Å². The van der Waals surface area contributed by atoms with Gasteiger partial charge in [-0.2, -0.15) is 0 Å². The zero-order valence-electron chi connectivity index (χ0n) is 19.1. The first kappa shape index (κ1) is 26.5. The summed E-state index contributed by atoms with van der Waals surface area (Å²) in [5.74, 6) is 0.724. The average Bonchev–Trinajstić information content (AvgIpc) is 2.82. The zero-order chi connectivity index (χ0) is 24.4. The Morgan fingerprint density at radius 2 is 2.00 bits per heavy atom. The van der Waals surface area contributed by atoms with Crippen molar-refractivity contribution in [3.8, 4) is 0 Å². The van der Waals surface area contributed by atoms with E-state index in [1.165, 1.54) is 12.1 Å². The van der Waals surface area contributed by atoms with Gasteiger partial charge in [0.05, 0.1) is 30.4 Å². The van der Waals surface area contributed by atoms with Gasteiger partial charge in [-0.3, -0.25) is 24.6 Å². The minimum Gasteiger partial charge on any atom is -0.379 e. The van der Waals surface area contributed by atoms with Gasteiger partial charge >= 0.3 is 7.75 Å². The smallest absolute Gasteiger partial charge is 0.379 e. The quantitative estimate of drug-likeness (QED) is 0.154. The standard InChI is InChI=1S/C22H31N4O6PS/c1-2-32-33(29,30)24-18-8-9-21(22(16-18)26(27)28)23-19(10-11-25-12-14-31-15-13-25)17-34-20-6-4-3-5-7-20/h3-9,16,19,23H,2,10-15,17H2,1H3,(H2,24,29,30)/t19-/m1/s1. The highest BCUT2D eigenvalue weighted by Crippen LogP contribution is 2.43. The second-order valence-electron chi connectivity index (χ2n) is 7.75. The molecule has 0 amide bonds. The lowest BCUT2D eigenvalue weighted by Gasteiger charge is -2.29. The number of hydrogen-bond donors (Lipinski definition) is 3. The number of nitro groups is 1. The van der Waals surface area contributed by atoms with Gasteiger partial charge in [-0.05, 0) is 37.6 Å². The Kier molecular flexibility index (Phi) is 10.2. The van der Waals surface area contributed by atoms with E-state index < -0.39 is 12.7 Å². The summed E-state index contributed by atoms with van der Waals surface area (Å²) in [5.41, 5.74) is 0.322. The van der Waals surface area contributed by atoms with Crippen molar-refractivity contribution in [2.24, 2.45) is 0 Å². The van der Waals surface area contributed by atoms with Crippen molar-refractivity contribution in [2.45, 2.75) is 24.3 Å². The Morgan fingerprint density at radius 3 is 2.68 bits per heavy atom. The lowest BCUT2D eigenvalue weighted by Crippen LogP contribution is -2.39. The molecule has 0 saturated carbocycles. The molecule has 0 aromatic heterocycles. The van der Waals surface area contributed by atoms with Gasteiger partial charge in [-0.1, -0.05) is 18.2 Å². The first-order valence-electron chi connectivity index (χ1n) is 11.1. The molecule has 1 heterocycles. The van der Waals surface area contributed by atoms with Gasteiger partial charge in [0.15, 0.2) is 0 Å². The second-order valence-corrected chi connectivity index (χ2v) is 10.4. The van der Waals surface area contributed by atoms with Gasteiger partial charge < -0.3 is 14.9 Å². The first-order chi connectivity index (χ1) is 16.4. The molecule has 12 heteroatoms. The Morgan fingerprint density at radius 1 is 1.26 bits per heavy atom.